The van der Waals surface area contributed by atoms with Crippen LogP contribution in [0.5, 0.6) is 0 Å². The highest BCUT2D eigenvalue weighted by molar-refractivity contribution is 5.89. The SMILES string of the molecule is CC(C)COC(C)c1ccccc1C(=O)O. The first-order chi connectivity index (χ1) is 7.52. The standard InChI is InChI=1S/C13H18O3/c1-9(2)8-16-10(3)11-6-4-5-7-12(11)13(14)15/h4-7,9-10H,8H2,1-3H3,(H,14,15). The molecule has 3 heteroatoms. The van der Waals surface area contributed by atoms with Crippen LogP contribution < -0.4 is 0 Å². The van der Waals surface area contributed by atoms with E-state index in [-0.39, 0.29) is 6.10 Å². The number of rotatable bonds is 5. The molecule has 1 atom stereocenters. The van der Waals surface area contributed by atoms with E-state index in [9.17, 15) is 4.79 Å². The van der Waals surface area contributed by atoms with Crippen molar-refractivity contribution in [2.24, 2.45) is 5.92 Å². The van der Waals surface area contributed by atoms with Crippen LogP contribution in [0.25, 0.3) is 0 Å². The minimum Gasteiger partial charge on any atom is -0.478 e. The van der Waals surface area contributed by atoms with Crippen molar-refractivity contribution in [2.75, 3.05) is 6.61 Å². The van der Waals surface area contributed by atoms with Crippen LogP contribution in [0, 0.1) is 5.92 Å². The molecule has 1 aromatic rings. The quantitative estimate of drug-likeness (QED) is 0.832. The molecule has 0 heterocycles. The Morgan fingerprint density at radius 2 is 1.94 bits per heavy atom. The van der Waals surface area contributed by atoms with Gasteiger partial charge in [0.25, 0.3) is 0 Å². The summed E-state index contributed by atoms with van der Waals surface area (Å²) in [5, 5.41) is 9.04. The summed E-state index contributed by atoms with van der Waals surface area (Å²) in [6.07, 6.45) is -0.185. The summed E-state index contributed by atoms with van der Waals surface area (Å²) in [5.41, 5.74) is 1.05. The fraction of sp³-hybridized carbons (Fsp3) is 0.462. The van der Waals surface area contributed by atoms with E-state index in [1.165, 1.54) is 0 Å². The molecule has 0 amide bonds. The Morgan fingerprint density at radius 3 is 2.50 bits per heavy atom. The van der Waals surface area contributed by atoms with Crippen molar-refractivity contribution >= 4 is 5.97 Å². The van der Waals surface area contributed by atoms with E-state index in [4.69, 9.17) is 9.84 Å². The Kier molecular flexibility index (Phi) is 4.50. The second-order valence-electron chi connectivity index (χ2n) is 4.26. The van der Waals surface area contributed by atoms with Crippen molar-refractivity contribution < 1.29 is 14.6 Å². The van der Waals surface area contributed by atoms with E-state index in [0.29, 0.717) is 18.1 Å². The predicted molar refractivity (Wildman–Crippen MR) is 62.6 cm³/mol. The molecule has 0 radical (unpaired) electrons. The number of carbonyl (C=O) groups is 1. The Balaban J connectivity index is 2.82. The normalized spacial score (nSPS) is 12.8. The van der Waals surface area contributed by atoms with Crippen LogP contribution in [0.2, 0.25) is 0 Å². The van der Waals surface area contributed by atoms with Gasteiger partial charge in [-0.05, 0) is 24.5 Å². The van der Waals surface area contributed by atoms with Gasteiger partial charge in [-0.1, -0.05) is 32.0 Å². The van der Waals surface area contributed by atoms with Gasteiger partial charge in [-0.25, -0.2) is 4.79 Å². The van der Waals surface area contributed by atoms with E-state index in [1.54, 1.807) is 18.2 Å². The van der Waals surface area contributed by atoms with Gasteiger partial charge in [0.2, 0.25) is 0 Å². The minimum absolute atomic E-state index is 0.185. The van der Waals surface area contributed by atoms with Gasteiger partial charge >= 0.3 is 5.97 Å². The lowest BCUT2D eigenvalue weighted by molar-refractivity contribution is 0.0447. The number of benzene rings is 1. The number of carboxylic acid groups (broad SMARTS) is 1. The molecule has 88 valence electrons. The number of carboxylic acids is 1. The number of aromatic carboxylic acids is 1. The third-order valence-electron chi connectivity index (χ3n) is 2.31. The topological polar surface area (TPSA) is 46.5 Å². The summed E-state index contributed by atoms with van der Waals surface area (Å²) in [7, 11) is 0. The predicted octanol–water partition coefficient (Wildman–Crippen LogP) is 3.12. The molecule has 1 N–H and O–H groups in total. The maximum atomic E-state index is 11.0. The second kappa shape index (κ2) is 5.66. The van der Waals surface area contributed by atoms with Crippen LogP contribution in [0.3, 0.4) is 0 Å². The van der Waals surface area contributed by atoms with Crippen molar-refractivity contribution in [2.45, 2.75) is 26.9 Å². The zero-order chi connectivity index (χ0) is 12.1. The van der Waals surface area contributed by atoms with Gasteiger partial charge in [-0.15, -0.1) is 0 Å². The fourth-order valence-electron chi connectivity index (χ4n) is 1.47. The molecule has 0 aromatic heterocycles. The molecule has 1 unspecified atom stereocenters. The number of hydrogen-bond acceptors (Lipinski definition) is 2. The van der Waals surface area contributed by atoms with Gasteiger partial charge in [0.05, 0.1) is 11.7 Å². The van der Waals surface area contributed by atoms with Crippen molar-refractivity contribution in [3.8, 4) is 0 Å². The van der Waals surface area contributed by atoms with Crippen LogP contribution in [-0.2, 0) is 4.74 Å². The first-order valence-corrected chi connectivity index (χ1v) is 5.46. The molecule has 1 rings (SSSR count). The Labute approximate surface area is 96.1 Å². The minimum atomic E-state index is -0.907. The lowest BCUT2D eigenvalue weighted by Crippen LogP contribution is -2.10. The maximum absolute atomic E-state index is 11.0. The molecule has 1 aromatic carbocycles. The number of hydrogen-bond donors (Lipinski definition) is 1. The molecule has 0 saturated carbocycles. The largest absolute Gasteiger partial charge is 0.478 e. The van der Waals surface area contributed by atoms with Gasteiger partial charge in [-0.2, -0.15) is 0 Å². The maximum Gasteiger partial charge on any atom is 0.336 e. The molecule has 0 fully saturated rings. The fourth-order valence-corrected chi connectivity index (χ4v) is 1.47. The highest BCUT2D eigenvalue weighted by atomic mass is 16.5. The van der Waals surface area contributed by atoms with Gasteiger partial charge in [0, 0.05) is 6.61 Å². The summed E-state index contributed by atoms with van der Waals surface area (Å²) in [6, 6.07) is 6.96. The van der Waals surface area contributed by atoms with Crippen LogP contribution in [-0.4, -0.2) is 17.7 Å². The lowest BCUT2D eigenvalue weighted by Gasteiger charge is -2.16. The van der Waals surface area contributed by atoms with Crippen LogP contribution in [0.4, 0.5) is 0 Å². The monoisotopic (exact) mass is 222 g/mol. The Hall–Kier alpha value is -1.35. The summed E-state index contributed by atoms with van der Waals surface area (Å²) in [6.45, 7) is 6.64. The molecule has 0 aliphatic rings. The molecule has 0 saturated heterocycles. The average molecular weight is 222 g/mol. The summed E-state index contributed by atoms with van der Waals surface area (Å²) in [5.74, 6) is -0.463. The van der Waals surface area contributed by atoms with Crippen LogP contribution in [0.15, 0.2) is 24.3 Å². The number of ether oxygens (including phenoxy) is 1. The lowest BCUT2D eigenvalue weighted by atomic mass is 10.0. The van der Waals surface area contributed by atoms with Gasteiger partial charge in [-0.3, -0.25) is 0 Å². The summed E-state index contributed by atoms with van der Waals surface area (Å²) < 4.78 is 5.62. The molecule has 0 aliphatic carbocycles. The Bertz CT molecular complexity index is 358. The smallest absolute Gasteiger partial charge is 0.336 e. The molecule has 0 aliphatic heterocycles. The first-order valence-electron chi connectivity index (χ1n) is 5.46. The molecular formula is C13H18O3. The van der Waals surface area contributed by atoms with Crippen molar-refractivity contribution in [3.63, 3.8) is 0 Å². The highest BCUT2D eigenvalue weighted by Gasteiger charge is 2.15. The molecule has 0 spiro atoms. The van der Waals surface area contributed by atoms with Crippen molar-refractivity contribution in [3.05, 3.63) is 35.4 Å². The van der Waals surface area contributed by atoms with E-state index < -0.39 is 5.97 Å². The average Bonchev–Trinajstić information content (AvgIpc) is 2.25. The molecular weight excluding hydrogens is 204 g/mol. The molecule has 0 bridgehead atoms. The molecule has 16 heavy (non-hydrogen) atoms. The third-order valence-corrected chi connectivity index (χ3v) is 2.31. The van der Waals surface area contributed by atoms with Crippen molar-refractivity contribution in [1.29, 1.82) is 0 Å². The summed E-state index contributed by atoms with van der Waals surface area (Å²) in [4.78, 5) is 11.0. The third kappa shape index (κ3) is 3.35. The Morgan fingerprint density at radius 1 is 1.31 bits per heavy atom. The van der Waals surface area contributed by atoms with E-state index in [1.807, 2.05) is 13.0 Å². The van der Waals surface area contributed by atoms with Crippen molar-refractivity contribution in [1.82, 2.24) is 0 Å². The van der Waals surface area contributed by atoms with Crippen LogP contribution >= 0.6 is 0 Å². The van der Waals surface area contributed by atoms with E-state index in [0.717, 1.165) is 5.56 Å². The van der Waals surface area contributed by atoms with E-state index >= 15 is 0 Å². The summed E-state index contributed by atoms with van der Waals surface area (Å²) >= 11 is 0. The first kappa shape index (κ1) is 12.7. The highest BCUT2D eigenvalue weighted by Crippen LogP contribution is 2.21. The van der Waals surface area contributed by atoms with Crippen LogP contribution in [0.1, 0.15) is 42.8 Å². The van der Waals surface area contributed by atoms with Gasteiger partial charge in [0.15, 0.2) is 0 Å². The van der Waals surface area contributed by atoms with E-state index in [2.05, 4.69) is 13.8 Å². The van der Waals surface area contributed by atoms with Gasteiger partial charge in [0.1, 0.15) is 0 Å². The zero-order valence-electron chi connectivity index (χ0n) is 9.93. The zero-order valence-corrected chi connectivity index (χ0v) is 9.93. The van der Waals surface area contributed by atoms with Gasteiger partial charge < -0.3 is 9.84 Å². The molecule has 3 nitrogen and oxygen atoms in total. The second-order valence-corrected chi connectivity index (χ2v) is 4.26.